The number of methoxy groups -OCH3 is 2. The molecule has 0 saturated carbocycles. The normalized spacial score (nSPS) is 10.2. The van der Waals surface area contributed by atoms with Crippen molar-refractivity contribution in [1.82, 2.24) is 0 Å². The summed E-state index contributed by atoms with van der Waals surface area (Å²) in [5.74, 6) is 2.20. The Morgan fingerprint density at radius 1 is 0.893 bits per heavy atom. The summed E-state index contributed by atoms with van der Waals surface area (Å²) >= 11 is 6.10. The first-order valence-corrected chi connectivity index (χ1v) is 9.00. The fraction of sp³-hybridized carbons (Fsp3) is 0.136. The molecule has 0 unspecified atom stereocenters. The Balaban J connectivity index is 1.78. The number of anilines is 1. The van der Waals surface area contributed by atoms with Crippen LogP contribution in [0, 0.1) is 0 Å². The standard InChI is InChI=1S/C22H20ClNO4/c1-26-18-10-8-15(21(14-18)27-2)12-22(25)24-19-13-16(23)9-11-20(19)28-17-6-4-3-5-7-17/h3-11,13-14H,12H2,1-2H3,(H,24,25). The summed E-state index contributed by atoms with van der Waals surface area (Å²) in [4.78, 5) is 12.6. The zero-order chi connectivity index (χ0) is 19.9. The molecule has 28 heavy (non-hydrogen) atoms. The second-order valence-corrected chi connectivity index (χ2v) is 6.39. The van der Waals surface area contributed by atoms with Gasteiger partial charge in [-0.2, -0.15) is 0 Å². The Labute approximate surface area is 168 Å². The van der Waals surface area contributed by atoms with Crippen LogP contribution in [0.25, 0.3) is 0 Å². The third kappa shape index (κ3) is 4.96. The number of carbonyl (C=O) groups is 1. The van der Waals surface area contributed by atoms with Gasteiger partial charge in [0.1, 0.15) is 17.2 Å². The number of para-hydroxylation sites is 1. The molecule has 3 rings (SSSR count). The Bertz CT molecular complexity index is 960. The van der Waals surface area contributed by atoms with Gasteiger partial charge in [0.05, 0.1) is 26.3 Å². The lowest BCUT2D eigenvalue weighted by molar-refractivity contribution is -0.115. The predicted octanol–water partition coefficient (Wildman–Crippen LogP) is 5.33. The van der Waals surface area contributed by atoms with Crippen LogP contribution in [0.2, 0.25) is 5.02 Å². The molecule has 5 nitrogen and oxygen atoms in total. The lowest BCUT2D eigenvalue weighted by Gasteiger charge is -2.14. The average Bonchev–Trinajstić information content (AvgIpc) is 2.71. The van der Waals surface area contributed by atoms with E-state index in [1.807, 2.05) is 30.3 Å². The summed E-state index contributed by atoms with van der Waals surface area (Å²) in [5, 5.41) is 3.36. The predicted molar refractivity (Wildman–Crippen MR) is 110 cm³/mol. The second-order valence-electron chi connectivity index (χ2n) is 5.96. The molecule has 0 atom stereocenters. The van der Waals surface area contributed by atoms with E-state index in [0.717, 1.165) is 5.56 Å². The molecule has 6 heteroatoms. The van der Waals surface area contributed by atoms with Crippen LogP contribution < -0.4 is 19.5 Å². The first-order chi connectivity index (χ1) is 13.6. The molecule has 0 aromatic heterocycles. The number of hydrogen-bond acceptors (Lipinski definition) is 4. The fourth-order valence-electron chi connectivity index (χ4n) is 2.67. The molecule has 0 aliphatic carbocycles. The third-order valence-electron chi connectivity index (χ3n) is 4.03. The van der Waals surface area contributed by atoms with E-state index in [-0.39, 0.29) is 12.3 Å². The van der Waals surface area contributed by atoms with Gasteiger partial charge in [-0.15, -0.1) is 0 Å². The Hall–Kier alpha value is -3.18. The first-order valence-electron chi connectivity index (χ1n) is 8.62. The van der Waals surface area contributed by atoms with E-state index >= 15 is 0 Å². The minimum atomic E-state index is -0.219. The van der Waals surface area contributed by atoms with Crippen molar-refractivity contribution in [2.24, 2.45) is 0 Å². The number of amides is 1. The number of ether oxygens (including phenoxy) is 3. The molecule has 0 spiro atoms. The summed E-state index contributed by atoms with van der Waals surface area (Å²) in [5.41, 5.74) is 1.24. The maximum atomic E-state index is 12.6. The van der Waals surface area contributed by atoms with Gasteiger partial charge in [0.2, 0.25) is 5.91 Å². The van der Waals surface area contributed by atoms with Crippen LogP contribution in [0.3, 0.4) is 0 Å². The molecule has 3 aromatic carbocycles. The van der Waals surface area contributed by atoms with Crippen LogP contribution in [0.15, 0.2) is 66.7 Å². The van der Waals surface area contributed by atoms with E-state index < -0.39 is 0 Å². The van der Waals surface area contributed by atoms with Crippen LogP contribution in [-0.2, 0) is 11.2 Å². The van der Waals surface area contributed by atoms with Crippen molar-refractivity contribution in [3.63, 3.8) is 0 Å². The van der Waals surface area contributed by atoms with Crippen molar-refractivity contribution in [3.8, 4) is 23.0 Å². The maximum absolute atomic E-state index is 12.6. The molecule has 0 aliphatic rings. The number of halogens is 1. The highest BCUT2D eigenvalue weighted by Gasteiger charge is 2.13. The van der Waals surface area contributed by atoms with Crippen molar-refractivity contribution in [1.29, 1.82) is 0 Å². The smallest absolute Gasteiger partial charge is 0.229 e. The monoisotopic (exact) mass is 397 g/mol. The van der Waals surface area contributed by atoms with Crippen LogP contribution in [0.4, 0.5) is 5.69 Å². The number of carbonyl (C=O) groups excluding carboxylic acids is 1. The molecule has 0 aliphatic heterocycles. The van der Waals surface area contributed by atoms with Crippen LogP contribution in [0.1, 0.15) is 5.56 Å². The van der Waals surface area contributed by atoms with E-state index in [1.54, 1.807) is 50.6 Å². The lowest BCUT2D eigenvalue weighted by Crippen LogP contribution is -2.15. The summed E-state index contributed by atoms with van der Waals surface area (Å²) in [7, 11) is 3.13. The van der Waals surface area contributed by atoms with Gasteiger partial charge in [-0.25, -0.2) is 0 Å². The average molecular weight is 398 g/mol. The number of rotatable bonds is 7. The second kappa shape index (κ2) is 9.15. The molecule has 144 valence electrons. The molecule has 1 N–H and O–H groups in total. The van der Waals surface area contributed by atoms with Crippen molar-refractivity contribution in [2.75, 3.05) is 19.5 Å². The highest BCUT2D eigenvalue weighted by Crippen LogP contribution is 2.32. The van der Waals surface area contributed by atoms with Gasteiger partial charge in [0.15, 0.2) is 5.75 Å². The van der Waals surface area contributed by atoms with Crippen molar-refractivity contribution in [3.05, 3.63) is 77.3 Å². The molecule has 0 heterocycles. The Kier molecular flexibility index (Phi) is 6.40. The lowest BCUT2D eigenvalue weighted by atomic mass is 10.1. The molecule has 0 saturated heterocycles. The molecular weight excluding hydrogens is 378 g/mol. The highest BCUT2D eigenvalue weighted by atomic mass is 35.5. The topological polar surface area (TPSA) is 56.8 Å². The molecular formula is C22H20ClNO4. The number of nitrogens with one attached hydrogen (secondary N) is 1. The van der Waals surface area contributed by atoms with Gasteiger partial charge < -0.3 is 19.5 Å². The number of hydrogen-bond donors (Lipinski definition) is 1. The van der Waals surface area contributed by atoms with Crippen LogP contribution >= 0.6 is 11.6 Å². The van der Waals surface area contributed by atoms with Crippen LogP contribution in [-0.4, -0.2) is 20.1 Å². The van der Waals surface area contributed by atoms with Crippen molar-refractivity contribution >= 4 is 23.2 Å². The van der Waals surface area contributed by atoms with E-state index in [9.17, 15) is 4.79 Å². The fourth-order valence-corrected chi connectivity index (χ4v) is 2.84. The van der Waals surface area contributed by atoms with E-state index in [1.165, 1.54) is 0 Å². The Morgan fingerprint density at radius 3 is 2.39 bits per heavy atom. The minimum absolute atomic E-state index is 0.129. The highest BCUT2D eigenvalue weighted by molar-refractivity contribution is 6.31. The maximum Gasteiger partial charge on any atom is 0.229 e. The van der Waals surface area contributed by atoms with Gasteiger partial charge in [-0.1, -0.05) is 35.9 Å². The molecule has 1 amide bonds. The largest absolute Gasteiger partial charge is 0.497 e. The Morgan fingerprint density at radius 2 is 1.68 bits per heavy atom. The van der Waals surface area contributed by atoms with Gasteiger partial charge >= 0.3 is 0 Å². The molecule has 0 bridgehead atoms. The molecule has 0 fully saturated rings. The summed E-state index contributed by atoms with van der Waals surface area (Å²) < 4.78 is 16.4. The molecule has 3 aromatic rings. The zero-order valence-corrected chi connectivity index (χ0v) is 16.3. The third-order valence-corrected chi connectivity index (χ3v) is 4.27. The SMILES string of the molecule is COc1ccc(CC(=O)Nc2cc(Cl)ccc2Oc2ccccc2)c(OC)c1. The van der Waals surface area contributed by atoms with Gasteiger partial charge in [0.25, 0.3) is 0 Å². The quantitative estimate of drug-likeness (QED) is 0.585. The van der Waals surface area contributed by atoms with Gasteiger partial charge in [-0.05, 0) is 36.4 Å². The zero-order valence-electron chi connectivity index (χ0n) is 15.6. The van der Waals surface area contributed by atoms with E-state index in [4.69, 9.17) is 25.8 Å². The van der Waals surface area contributed by atoms with E-state index in [0.29, 0.717) is 33.7 Å². The number of benzene rings is 3. The first kappa shape index (κ1) is 19.6. The molecule has 0 radical (unpaired) electrons. The van der Waals surface area contributed by atoms with Gasteiger partial charge in [0, 0.05) is 16.7 Å². The summed E-state index contributed by atoms with van der Waals surface area (Å²) in [6.07, 6.45) is 0.129. The van der Waals surface area contributed by atoms with Crippen LogP contribution in [0.5, 0.6) is 23.0 Å². The van der Waals surface area contributed by atoms with Gasteiger partial charge in [-0.3, -0.25) is 4.79 Å². The van der Waals surface area contributed by atoms with Crippen molar-refractivity contribution < 1.29 is 19.0 Å². The summed E-state index contributed by atoms with van der Waals surface area (Å²) in [6.45, 7) is 0. The summed E-state index contributed by atoms with van der Waals surface area (Å²) in [6, 6.07) is 19.7. The van der Waals surface area contributed by atoms with Crippen molar-refractivity contribution in [2.45, 2.75) is 6.42 Å². The minimum Gasteiger partial charge on any atom is -0.497 e. The van der Waals surface area contributed by atoms with E-state index in [2.05, 4.69) is 5.32 Å².